The van der Waals surface area contributed by atoms with Crippen LogP contribution in [-0.4, -0.2) is 37.6 Å². The fourth-order valence-corrected chi connectivity index (χ4v) is 4.05. The van der Waals surface area contributed by atoms with E-state index in [-0.39, 0.29) is 6.04 Å². The Hall–Kier alpha value is -1.79. The van der Waals surface area contributed by atoms with Crippen LogP contribution >= 0.6 is 22.9 Å². The van der Waals surface area contributed by atoms with Gasteiger partial charge in [-0.1, -0.05) is 23.7 Å². The van der Waals surface area contributed by atoms with E-state index in [1.807, 2.05) is 24.3 Å². The van der Waals surface area contributed by atoms with Crippen molar-refractivity contribution in [1.82, 2.24) is 15.6 Å². The molecule has 7 heteroatoms. The maximum absolute atomic E-state index is 5.95. The average molecular weight is 392 g/mol. The first kappa shape index (κ1) is 19.0. The predicted octanol–water partition coefficient (Wildman–Crippen LogP) is 3.87. The molecular weight excluding hydrogens is 366 g/mol. The lowest BCUT2D eigenvalue weighted by Gasteiger charge is -2.18. The molecule has 1 fully saturated rings. The summed E-state index contributed by atoms with van der Waals surface area (Å²) in [6, 6.07) is 8.03. The Balaban J connectivity index is 1.46. The number of aliphatic imine (C=N–C) groups is 1. The molecule has 2 aromatic rings. The minimum atomic E-state index is 0.152. The summed E-state index contributed by atoms with van der Waals surface area (Å²) >= 11 is 7.71. The molecule has 1 aliphatic heterocycles. The molecule has 1 aromatic carbocycles. The zero-order chi connectivity index (χ0) is 18.4. The number of benzene rings is 1. The van der Waals surface area contributed by atoms with E-state index in [4.69, 9.17) is 16.6 Å². The third-order valence-corrected chi connectivity index (χ3v) is 5.74. The number of halogens is 1. The van der Waals surface area contributed by atoms with E-state index in [1.54, 1.807) is 18.4 Å². The van der Waals surface area contributed by atoms with Gasteiger partial charge < -0.3 is 15.5 Å². The van der Waals surface area contributed by atoms with Gasteiger partial charge in [-0.3, -0.25) is 4.99 Å². The standard InChI is InChI=1S/C19H26ClN5S/c1-14(15-5-7-16(20)8-6-15)23-18(21-2)22-10-9-17-13-26-19(24-17)25-11-3-4-12-25/h5-8,13-14H,3-4,9-12H2,1-2H3,(H2,21,22,23). The van der Waals surface area contributed by atoms with E-state index >= 15 is 0 Å². The predicted molar refractivity (Wildman–Crippen MR) is 112 cm³/mol. The quantitative estimate of drug-likeness (QED) is 0.579. The van der Waals surface area contributed by atoms with Gasteiger partial charge in [-0.05, 0) is 37.5 Å². The Morgan fingerprint density at radius 2 is 2.04 bits per heavy atom. The van der Waals surface area contributed by atoms with E-state index in [9.17, 15) is 0 Å². The van der Waals surface area contributed by atoms with Gasteiger partial charge in [0.05, 0.1) is 11.7 Å². The Kier molecular flexibility index (Phi) is 6.74. The number of nitrogens with one attached hydrogen (secondary N) is 2. The zero-order valence-corrected chi connectivity index (χ0v) is 16.9. The Morgan fingerprint density at radius 1 is 1.31 bits per heavy atom. The van der Waals surface area contributed by atoms with Gasteiger partial charge in [0.1, 0.15) is 0 Å². The van der Waals surface area contributed by atoms with E-state index in [0.29, 0.717) is 0 Å². The maximum Gasteiger partial charge on any atom is 0.191 e. The van der Waals surface area contributed by atoms with Gasteiger partial charge in [-0.15, -0.1) is 11.3 Å². The van der Waals surface area contributed by atoms with Crippen molar-refractivity contribution >= 4 is 34.0 Å². The smallest absolute Gasteiger partial charge is 0.191 e. The summed E-state index contributed by atoms with van der Waals surface area (Å²) in [5.41, 5.74) is 2.32. The lowest BCUT2D eigenvalue weighted by Crippen LogP contribution is -2.39. The van der Waals surface area contributed by atoms with Crippen molar-refractivity contribution in [3.05, 3.63) is 45.9 Å². The molecule has 0 aliphatic carbocycles. The van der Waals surface area contributed by atoms with E-state index in [0.717, 1.165) is 47.9 Å². The van der Waals surface area contributed by atoms with Crippen LogP contribution in [0.15, 0.2) is 34.6 Å². The van der Waals surface area contributed by atoms with E-state index in [1.165, 1.54) is 18.4 Å². The number of aromatic nitrogens is 1. The van der Waals surface area contributed by atoms with Gasteiger partial charge in [-0.25, -0.2) is 4.98 Å². The summed E-state index contributed by atoms with van der Waals surface area (Å²) in [6.07, 6.45) is 3.45. The summed E-state index contributed by atoms with van der Waals surface area (Å²) in [4.78, 5) is 11.5. The molecule has 1 aromatic heterocycles. The minimum absolute atomic E-state index is 0.152. The highest BCUT2D eigenvalue weighted by Gasteiger charge is 2.15. The third-order valence-electron chi connectivity index (χ3n) is 4.54. The van der Waals surface area contributed by atoms with E-state index in [2.05, 4.69) is 32.8 Å². The number of hydrogen-bond donors (Lipinski definition) is 2. The molecule has 0 spiro atoms. The van der Waals surface area contributed by atoms with Gasteiger partial charge in [0, 0.05) is 43.5 Å². The first-order valence-electron chi connectivity index (χ1n) is 9.07. The molecule has 5 nitrogen and oxygen atoms in total. The Morgan fingerprint density at radius 3 is 2.73 bits per heavy atom. The lowest BCUT2D eigenvalue weighted by molar-refractivity contribution is 0.683. The number of guanidine groups is 1. The molecule has 1 saturated heterocycles. The molecule has 3 rings (SSSR count). The van der Waals surface area contributed by atoms with Crippen LogP contribution in [0.5, 0.6) is 0 Å². The molecule has 1 aliphatic rings. The van der Waals surface area contributed by atoms with Crippen molar-refractivity contribution in [1.29, 1.82) is 0 Å². The van der Waals surface area contributed by atoms with Crippen LogP contribution in [0.2, 0.25) is 5.02 Å². The van der Waals surface area contributed by atoms with Gasteiger partial charge >= 0.3 is 0 Å². The normalized spacial score (nSPS) is 16.0. The minimum Gasteiger partial charge on any atom is -0.356 e. The molecule has 0 radical (unpaired) electrons. The molecule has 0 amide bonds. The van der Waals surface area contributed by atoms with Crippen LogP contribution in [0.4, 0.5) is 5.13 Å². The Labute approximate surface area is 164 Å². The van der Waals surface area contributed by atoms with Crippen LogP contribution < -0.4 is 15.5 Å². The molecule has 26 heavy (non-hydrogen) atoms. The van der Waals surface area contributed by atoms with Crippen molar-refractivity contribution in [2.75, 3.05) is 31.6 Å². The monoisotopic (exact) mass is 391 g/mol. The van der Waals surface area contributed by atoms with Crippen molar-refractivity contribution in [2.45, 2.75) is 32.2 Å². The first-order valence-corrected chi connectivity index (χ1v) is 10.3. The van der Waals surface area contributed by atoms with E-state index < -0.39 is 0 Å². The summed E-state index contributed by atoms with van der Waals surface area (Å²) in [6.45, 7) is 5.20. The fourth-order valence-electron chi connectivity index (χ4n) is 3.01. The summed E-state index contributed by atoms with van der Waals surface area (Å²) in [5, 5.41) is 10.9. The molecule has 2 heterocycles. The largest absolute Gasteiger partial charge is 0.356 e. The molecule has 2 N–H and O–H groups in total. The molecule has 0 saturated carbocycles. The van der Waals surface area contributed by atoms with Crippen molar-refractivity contribution in [3.8, 4) is 0 Å². The third kappa shape index (κ3) is 5.11. The second kappa shape index (κ2) is 9.24. The zero-order valence-electron chi connectivity index (χ0n) is 15.3. The second-order valence-electron chi connectivity index (χ2n) is 6.48. The van der Waals surface area contributed by atoms with Gasteiger partial charge in [0.25, 0.3) is 0 Å². The van der Waals surface area contributed by atoms with Crippen LogP contribution in [0, 0.1) is 0 Å². The molecule has 140 valence electrons. The molecule has 0 bridgehead atoms. The Bertz CT molecular complexity index is 722. The van der Waals surface area contributed by atoms with Crippen molar-refractivity contribution < 1.29 is 0 Å². The molecular formula is C19H26ClN5S. The highest BCUT2D eigenvalue weighted by atomic mass is 35.5. The van der Waals surface area contributed by atoms with Gasteiger partial charge in [-0.2, -0.15) is 0 Å². The number of thiazole rings is 1. The van der Waals surface area contributed by atoms with Crippen LogP contribution in [-0.2, 0) is 6.42 Å². The molecule has 1 unspecified atom stereocenters. The topological polar surface area (TPSA) is 52.6 Å². The van der Waals surface area contributed by atoms with Crippen molar-refractivity contribution in [2.24, 2.45) is 4.99 Å². The fraction of sp³-hybridized carbons (Fsp3) is 0.474. The van der Waals surface area contributed by atoms with Crippen LogP contribution in [0.1, 0.15) is 37.1 Å². The van der Waals surface area contributed by atoms with Crippen molar-refractivity contribution in [3.63, 3.8) is 0 Å². The maximum atomic E-state index is 5.95. The summed E-state index contributed by atoms with van der Waals surface area (Å²) in [5.74, 6) is 0.794. The number of nitrogens with zero attached hydrogens (tertiary/aromatic N) is 3. The number of hydrogen-bond acceptors (Lipinski definition) is 4. The molecule has 1 atom stereocenters. The number of rotatable bonds is 6. The second-order valence-corrected chi connectivity index (χ2v) is 7.76. The summed E-state index contributed by atoms with van der Waals surface area (Å²) < 4.78 is 0. The SMILES string of the molecule is CN=C(NCCc1csc(N2CCCC2)n1)NC(C)c1ccc(Cl)cc1. The first-order chi connectivity index (χ1) is 12.7. The average Bonchev–Trinajstić information content (AvgIpc) is 3.33. The highest BCUT2D eigenvalue weighted by Crippen LogP contribution is 2.24. The van der Waals surface area contributed by atoms with Gasteiger partial charge in [0.2, 0.25) is 0 Å². The lowest BCUT2D eigenvalue weighted by atomic mass is 10.1. The number of anilines is 1. The highest BCUT2D eigenvalue weighted by molar-refractivity contribution is 7.13. The summed E-state index contributed by atoms with van der Waals surface area (Å²) in [7, 11) is 1.79. The van der Waals surface area contributed by atoms with Gasteiger partial charge in [0.15, 0.2) is 11.1 Å². The van der Waals surface area contributed by atoms with Crippen LogP contribution in [0.25, 0.3) is 0 Å². The van der Waals surface area contributed by atoms with Crippen LogP contribution in [0.3, 0.4) is 0 Å².